The maximum Gasteiger partial charge on any atom is 0.261 e. The molecule has 2 N–H and O–H groups in total. The molecule has 0 bridgehead atoms. The summed E-state index contributed by atoms with van der Waals surface area (Å²) in [5, 5.41) is 13.1. The Labute approximate surface area is 215 Å². The van der Waals surface area contributed by atoms with E-state index in [2.05, 4.69) is 43.5 Å². The van der Waals surface area contributed by atoms with Crippen LogP contribution in [0.5, 0.6) is 0 Å². The largest absolute Gasteiger partial charge is 0.361 e. The normalized spacial score (nSPS) is 20.3. The first-order valence-electron chi connectivity index (χ1n) is 12.3. The number of aromatic nitrogens is 3. The van der Waals surface area contributed by atoms with Gasteiger partial charge in [-0.25, -0.2) is 4.98 Å². The van der Waals surface area contributed by atoms with E-state index >= 15 is 0 Å². The van der Waals surface area contributed by atoms with Gasteiger partial charge in [0.05, 0.1) is 23.4 Å². The van der Waals surface area contributed by atoms with Crippen LogP contribution in [0.25, 0.3) is 10.9 Å². The van der Waals surface area contributed by atoms with E-state index in [0.29, 0.717) is 34.8 Å². The maximum absolute atomic E-state index is 14.0. The topological polar surface area (TPSA) is 85.0 Å². The summed E-state index contributed by atoms with van der Waals surface area (Å²) in [6, 6.07) is 17.2. The minimum atomic E-state index is -0.792. The second-order valence-electron chi connectivity index (χ2n) is 10.7. The van der Waals surface area contributed by atoms with Crippen LogP contribution in [0.2, 0.25) is 5.02 Å². The summed E-state index contributed by atoms with van der Waals surface area (Å²) in [6.07, 6.45) is 0. The number of nitrogens with zero attached hydrogens (tertiary/aromatic N) is 3. The molecule has 1 aliphatic heterocycles. The van der Waals surface area contributed by atoms with Gasteiger partial charge in [0.1, 0.15) is 22.9 Å². The molecule has 2 aromatic carbocycles. The molecule has 0 saturated carbocycles. The average molecular weight is 506 g/mol. The van der Waals surface area contributed by atoms with Gasteiger partial charge in [-0.1, -0.05) is 60.9 Å². The third-order valence-electron chi connectivity index (χ3n) is 6.92. The van der Waals surface area contributed by atoms with Crippen LogP contribution in [-0.4, -0.2) is 26.8 Å². The fourth-order valence-corrected chi connectivity index (χ4v) is 5.56. The SMILES string of the molecule is Cc1cc(C2(C(c3nc4cc(Cl)ccc4c(=O)n3Cc3ccccc3)C(C)C)NCC(C)(C)N2)no1. The minimum Gasteiger partial charge on any atom is -0.361 e. The number of nitrogens with one attached hydrogen (secondary N) is 2. The lowest BCUT2D eigenvalue weighted by atomic mass is 9.79. The lowest BCUT2D eigenvalue weighted by Gasteiger charge is -2.40. The number of halogens is 1. The Hall–Kier alpha value is -3.00. The molecule has 0 radical (unpaired) electrons. The fourth-order valence-electron chi connectivity index (χ4n) is 5.40. The van der Waals surface area contributed by atoms with Crippen molar-refractivity contribution in [3.63, 3.8) is 0 Å². The third-order valence-corrected chi connectivity index (χ3v) is 7.15. The van der Waals surface area contributed by atoms with Crippen LogP contribution >= 0.6 is 11.6 Å². The standard InChI is InChI=1S/C28H32ClN5O2/c1-17(2)24(28(23-13-18(3)36-32-23)30-16-27(4,5)33-28)25-31-22-14-20(29)11-12-21(22)26(35)34(25)15-19-9-7-6-8-10-19/h6-14,17,24,30,33H,15-16H2,1-5H3. The molecular formula is C28H32ClN5O2. The van der Waals surface area contributed by atoms with E-state index in [1.807, 2.05) is 43.3 Å². The number of aryl methyl sites for hydroxylation is 1. The van der Waals surface area contributed by atoms with E-state index in [9.17, 15) is 4.79 Å². The molecule has 0 aliphatic carbocycles. The first-order valence-corrected chi connectivity index (χ1v) is 12.7. The number of hydrogen-bond acceptors (Lipinski definition) is 6. The Morgan fingerprint density at radius 3 is 2.50 bits per heavy atom. The van der Waals surface area contributed by atoms with Gasteiger partial charge in [-0.05, 0) is 50.5 Å². The van der Waals surface area contributed by atoms with Crippen molar-refractivity contribution in [1.29, 1.82) is 0 Å². The number of hydrogen-bond donors (Lipinski definition) is 2. The Morgan fingerprint density at radius 2 is 1.89 bits per heavy atom. The van der Waals surface area contributed by atoms with Gasteiger partial charge in [-0.3, -0.25) is 20.0 Å². The minimum absolute atomic E-state index is 0.0847. The highest BCUT2D eigenvalue weighted by Gasteiger charge is 2.53. The molecule has 4 aromatic rings. The highest BCUT2D eigenvalue weighted by Crippen LogP contribution is 2.43. The Morgan fingerprint density at radius 1 is 1.14 bits per heavy atom. The van der Waals surface area contributed by atoms with Gasteiger partial charge in [0.2, 0.25) is 0 Å². The zero-order valence-corrected chi connectivity index (χ0v) is 22.1. The molecule has 2 atom stereocenters. The van der Waals surface area contributed by atoms with Crippen LogP contribution in [-0.2, 0) is 12.2 Å². The van der Waals surface area contributed by atoms with Crippen molar-refractivity contribution in [3.05, 3.63) is 92.8 Å². The maximum atomic E-state index is 14.0. The van der Waals surface area contributed by atoms with E-state index in [0.717, 1.165) is 17.0 Å². The van der Waals surface area contributed by atoms with Crippen LogP contribution in [0.4, 0.5) is 0 Å². The van der Waals surface area contributed by atoms with Gasteiger partial charge in [0, 0.05) is 23.2 Å². The van der Waals surface area contributed by atoms with Gasteiger partial charge >= 0.3 is 0 Å². The molecule has 1 aliphatic rings. The predicted molar refractivity (Wildman–Crippen MR) is 142 cm³/mol. The summed E-state index contributed by atoms with van der Waals surface area (Å²) in [5.41, 5.74) is 1.25. The molecule has 0 spiro atoms. The average Bonchev–Trinajstić information content (AvgIpc) is 3.40. The highest BCUT2D eigenvalue weighted by molar-refractivity contribution is 6.31. The van der Waals surface area contributed by atoms with Gasteiger partial charge in [-0.15, -0.1) is 0 Å². The molecule has 36 heavy (non-hydrogen) atoms. The first kappa shape index (κ1) is 24.7. The smallest absolute Gasteiger partial charge is 0.261 e. The zero-order chi connectivity index (χ0) is 25.7. The van der Waals surface area contributed by atoms with Crippen LogP contribution in [0, 0.1) is 12.8 Å². The van der Waals surface area contributed by atoms with Crippen molar-refractivity contribution in [2.75, 3.05) is 6.54 Å². The Balaban J connectivity index is 1.80. The van der Waals surface area contributed by atoms with Gasteiger partial charge in [0.15, 0.2) is 0 Å². The fraction of sp³-hybridized carbons (Fsp3) is 0.393. The molecule has 8 heteroatoms. The molecule has 3 heterocycles. The molecule has 188 valence electrons. The second-order valence-corrected chi connectivity index (χ2v) is 11.2. The molecule has 2 unspecified atom stereocenters. The van der Waals surface area contributed by atoms with Gasteiger partial charge in [0.25, 0.3) is 5.56 Å². The van der Waals surface area contributed by atoms with E-state index in [1.54, 1.807) is 22.8 Å². The number of rotatable bonds is 6. The van der Waals surface area contributed by atoms with E-state index in [1.165, 1.54) is 0 Å². The molecule has 1 saturated heterocycles. The molecule has 1 fully saturated rings. The van der Waals surface area contributed by atoms with Crippen LogP contribution in [0.15, 0.2) is 63.9 Å². The van der Waals surface area contributed by atoms with Crippen molar-refractivity contribution in [3.8, 4) is 0 Å². The summed E-state index contributed by atoms with van der Waals surface area (Å²) in [6.45, 7) is 11.6. The summed E-state index contributed by atoms with van der Waals surface area (Å²) >= 11 is 6.33. The summed E-state index contributed by atoms with van der Waals surface area (Å²) < 4.78 is 7.34. The molecule has 7 nitrogen and oxygen atoms in total. The zero-order valence-electron chi connectivity index (χ0n) is 21.3. The second kappa shape index (κ2) is 9.14. The summed E-state index contributed by atoms with van der Waals surface area (Å²) in [7, 11) is 0. The molecule has 5 rings (SSSR count). The van der Waals surface area contributed by atoms with E-state index in [4.69, 9.17) is 21.1 Å². The van der Waals surface area contributed by atoms with Crippen LogP contribution in [0.3, 0.4) is 0 Å². The van der Waals surface area contributed by atoms with Crippen LogP contribution < -0.4 is 16.2 Å². The molecule has 2 aromatic heterocycles. The Kier molecular flexibility index (Phi) is 6.27. The van der Waals surface area contributed by atoms with Gasteiger partial charge in [-0.2, -0.15) is 0 Å². The number of fused-ring (bicyclic) bond motifs is 1. The number of benzene rings is 2. The third kappa shape index (κ3) is 4.36. The van der Waals surface area contributed by atoms with Crippen molar-refractivity contribution in [1.82, 2.24) is 25.3 Å². The van der Waals surface area contributed by atoms with Gasteiger partial charge < -0.3 is 4.52 Å². The molecule has 0 amide bonds. The van der Waals surface area contributed by atoms with Crippen molar-refractivity contribution in [2.45, 2.75) is 58.3 Å². The van der Waals surface area contributed by atoms with Crippen molar-refractivity contribution < 1.29 is 4.52 Å². The predicted octanol–water partition coefficient (Wildman–Crippen LogP) is 4.96. The lowest BCUT2D eigenvalue weighted by molar-refractivity contribution is 0.181. The summed E-state index contributed by atoms with van der Waals surface area (Å²) in [5.74, 6) is 1.22. The quantitative estimate of drug-likeness (QED) is 0.385. The Bertz CT molecular complexity index is 1460. The lowest BCUT2D eigenvalue weighted by Crippen LogP contribution is -2.56. The summed E-state index contributed by atoms with van der Waals surface area (Å²) in [4.78, 5) is 19.1. The molecular weight excluding hydrogens is 474 g/mol. The van der Waals surface area contributed by atoms with E-state index in [-0.39, 0.29) is 22.9 Å². The van der Waals surface area contributed by atoms with E-state index < -0.39 is 5.66 Å². The monoisotopic (exact) mass is 505 g/mol. The highest BCUT2D eigenvalue weighted by atomic mass is 35.5. The first-order chi connectivity index (χ1) is 17.1. The van der Waals surface area contributed by atoms with Crippen molar-refractivity contribution in [2.24, 2.45) is 5.92 Å². The van der Waals surface area contributed by atoms with Crippen molar-refractivity contribution >= 4 is 22.5 Å². The van der Waals surface area contributed by atoms with Crippen LogP contribution in [0.1, 0.15) is 56.5 Å².